The smallest absolute Gasteiger partial charge is 0.340 e. The van der Waals surface area contributed by atoms with Crippen LogP contribution in [0.3, 0.4) is 0 Å². The van der Waals surface area contributed by atoms with Crippen LogP contribution in [0.4, 0.5) is 10.1 Å². The van der Waals surface area contributed by atoms with Gasteiger partial charge >= 0.3 is 5.97 Å². The summed E-state index contributed by atoms with van der Waals surface area (Å²) in [7, 11) is 0. The summed E-state index contributed by atoms with van der Waals surface area (Å²) in [6.45, 7) is 1.78. The summed E-state index contributed by atoms with van der Waals surface area (Å²) in [4.78, 5) is 21.4. The van der Waals surface area contributed by atoms with Crippen molar-refractivity contribution in [2.24, 2.45) is 5.18 Å². The summed E-state index contributed by atoms with van der Waals surface area (Å²) < 4.78 is 17.6. The van der Waals surface area contributed by atoms with Gasteiger partial charge in [-0.3, -0.25) is 0 Å². The minimum atomic E-state index is -0.828. The second-order valence-electron chi connectivity index (χ2n) is 2.45. The SMILES string of the molecule is CCOC(=O)c1cccc(F)c1N=O. The Morgan fingerprint density at radius 2 is 2.29 bits per heavy atom. The van der Waals surface area contributed by atoms with Crippen LogP contribution in [-0.4, -0.2) is 12.6 Å². The van der Waals surface area contributed by atoms with E-state index >= 15 is 0 Å². The topological polar surface area (TPSA) is 55.7 Å². The van der Waals surface area contributed by atoms with Crippen LogP contribution in [0.25, 0.3) is 0 Å². The third kappa shape index (κ3) is 1.93. The van der Waals surface area contributed by atoms with E-state index in [1.54, 1.807) is 6.92 Å². The molecule has 1 aromatic carbocycles. The first-order chi connectivity index (χ1) is 6.70. The normalized spacial score (nSPS) is 9.57. The molecular weight excluding hydrogens is 189 g/mol. The van der Waals surface area contributed by atoms with Gasteiger partial charge in [0.15, 0.2) is 11.5 Å². The molecule has 74 valence electrons. The largest absolute Gasteiger partial charge is 0.462 e. The summed E-state index contributed by atoms with van der Waals surface area (Å²) in [5.41, 5.74) is -0.659. The molecule has 0 heterocycles. The number of ether oxygens (including phenoxy) is 1. The number of hydrogen-bond donors (Lipinski definition) is 0. The molecule has 0 spiro atoms. The van der Waals surface area contributed by atoms with Crippen molar-refractivity contribution in [2.45, 2.75) is 6.92 Å². The van der Waals surface area contributed by atoms with Crippen LogP contribution in [-0.2, 0) is 4.74 Å². The lowest BCUT2D eigenvalue weighted by molar-refractivity contribution is 0.0527. The highest BCUT2D eigenvalue weighted by atomic mass is 19.1. The van der Waals surface area contributed by atoms with E-state index in [1.807, 2.05) is 0 Å². The first-order valence-electron chi connectivity index (χ1n) is 3.99. The van der Waals surface area contributed by atoms with Crippen molar-refractivity contribution in [3.05, 3.63) is 34.5 Å². The molecule has 4 nitrogen and oxygen atoms in total. The number of hydrogen-bond acceptors (Lipinski definition) is 4. The molecule has 5 heteroatoms. The maximum atomic E-state index is 12.9. The third-order valence-electron chi connectivity index (χ3n) is 1.57. The van der Waals surface area contributed by atoms with Crippen LogP contribution >= 0.6 is 0 Å². The van der Waals surface area contributed by atoms with Gasteiger partial charge in [-0.05, 0) is 24.2 Å². The Labute approximate surface area is 79.7 Å². The van der Waals surface area contributed by atoms with E-state index in [2.05, 4.69) is 9.91 Å². The van der Waals surface area contributed by atoms with E-state index < -0.39 is 17.5 Å². The van der Waals surface area contributed by atoms with Crippen molar-refractivity contribution < 1.29 is 13.9 Å². The van der Waals surface area contributed by atoms with Crippen molar-refractivity contribution in [1.82, 2.24) is 0 Å². The number of halogens is 1. The molecule has 0 saturated heterocycles. The zero-order chi connectivity index (χ0) is 10.6. The minimum Gasteiger partial charge on any atom is -0.462 e. The molecule has 14 heavy (non-hydrogen) atoms. The number of nitroso groups, excluding NO2 is 1. The molecule has 0 N–H and O–H groups in total. The lowest BCUT2D eigenvalue weighted by atomic mass is 10.2. The molecule has 0 aliphatic heterocycles. The molecule has 0 unspecified atom stereocenters. The van der Waals surface area contributed by atoms with Gasteiger partial charge in [0.1, 0.15) is 0 Å². The number of esters is 1. The summed E-state index contributed by atoms with van der Waals surface area (Å²) in [5.74, 6) is -1.58. The molecule has 0 radical (unpaired) electrons. The van der Waals surface area contributed by atoms with Crippen LogP contribution in [0.5, 0.6) is 0 Å². The Morgan fingerprint density at radius 1 is 1.57 bits per heavy atom. The van der Waals surface area contributed by atoms with E-state index in [9.17, 15) is 14.1 Å². The van der Waals surface area contributed by atoms with Crippen molar-refractivity contribution in [3.8, 4) is 0 Å². The third-order valence-corrected chi connectivity index (χ3v) is 1.57. The molecule has 0 saturated carbocycles. The summed E-state index contributed by atoms with van der Waals surface area (Å²) in [6, 6.07) is 3.66. The van der Waals surface area contributed by atoms with Gasteiger partial charge in [-0.15, -0.1) is 4.91 Å². The Hall–Kier alpha value is -1.78. The van der Waals surface area contributed by atoms with Crippen LogP contribution in [0.15, 0.2) is 23.4 Å². The van der Waals surface area contributed by atoms with E-state index in [4.69, 9.17) is 0 Å². The molecular formula is C9H8FNO3. The van der Waals surface area contributed by atoms with E-state index in [0.29, 0.717) is 0 Å². The number of carbonyl (C=O) groups excluding carboxylic acids is 1. The number of nitrogens with zero attached hydrogens (tertiary/aromatic N) is 1. The minimum absolute atomic E-state index is 0.151. The van der Waals surface area contributed by atoms with Crippen LogP contribution in [0, 0.1) is 10.7 Å². The Bertz CT molecular complexity index is 365. The van der Waals surface area contributed by atoms with Crippen molar-refractivity contribution >= 4 is 11.7 Å². The maximum Gasteiger partial charge on any atom is 0.340 e. The van der Waals surface area contributed by atoms with Gasteiger partial charge in [-0.25, -0.2) is 9.18 Å². The molecule has 0 amide bonds. The molecule has 1 rings (SSSR count). The van der Waals surface area contributed by atoms with Gasteiger partial charge in [0.25, 0.3) is 0 Å². The first-order valence-corrected chi connectivity index (χ1v) is 3.99. The predicted octanol–water partition coefficient (Wildman–Crippen LogP) is 2.40. The van der Waals surface area contributed by atoms with Gasteiger partial charge in [-0.1, -0.05) is 6.07 Å². The van der Waals surface area contributed by atoms with Crippen molar-refractivity contribution in [1.29, 1.82) is 0 Å². The van der Waals surface area contributed by atoms with Crippen molar-refractivity contribution in [2.75, 3.05) is 6.61 Å². The van der Waals surface area contributed by atoms with Gasteiger partial charge in [0, 0.05) is 0 Å². The number of carbonyl (C=O) groups is 1. The Balaban J connectivity index is 3.13. The lowest BCUT2D eigenvalue weighted by Crippen LogP contribution is -2.05. The first kappa shape index (κ1) is 10.3. The van der Waals surface area contributed by atoms with Gasteiger partial charge in [0.05, 0.1) is 12.2 Å². The van der Waals surface area contributed by atoms with Gasteiger partial charge in [0.2, 0.25) is 0 Å². The Kier molecular flexibility index (Phi) is 3.28. The van der Waals surface area contributed by atoms with Gasteiger partial charge < -0.3 is 4.74 Å². The molecule has 1 aromatic rings. The Morgan fingerprint density at radius 3 is 2.86 bits per heavy atom. The molecule has 0 aromatic heterocycles. The quantitative estimate of drug-likeness (QED) is 0.552. The zero-order valence-corrected chi connectivity index (χ0v) is 7.49. The molecule has 0 bridgehead atoms. The summed E-state index contributed by atoms with van der Waals surface area (Å²) in [6.07, 6.45) is 0. The summed E-state index contributed by atoms with van der Waals surface area (Å²) >= 11 is 0. The highest BCUT2D eigenvalue weighted by molar-refractivity contribution is 5.94. The second kappa shape index (κ2) is 4.45. The number of benzene rings is 1. The van der Waals surface area contributed by atoms with Crippen LogP contribution in [0.2, 0.25) is 0 Å². The average Bonchev–Trinajstić information content (AvgIpc) is 2.17. The fourth-order valence-electron chi connectivity index (χ4n) is 0.982. The lowest BCUT2D eigenvalue weighted by Gasteiger charge is -2.03. The van der Waals surface area contributed by atoms with Crippen LogP contribution < -0.4 is 0 Å². The average molecular weight is 197 g/mol. The van der Waals surface area contributed by atoms with E-state index in [1.165, 1.54) is 12.1 Å². The fraction of sp³-hybridized carbons (Fsp3) is 0.222. The van der Waals surface area contributed by atoms with Crippen molar-refractivity contribution in [3.63, 3.8) is 0 Å². The van der Waals surface area contributed by atoms with Gasteiger partial charge in [-0.2, -0.15) is 0 Å². The van der Waals surface area contributed by atoms with E-state index in [0.717, 1.165) is 6.07 Å². The number of rotatable bonds is 3. The zero-order valence-electron chi connectivity index (χ0n) is 7.49. The molecule has 0 fully saturated rings. The second-order valence-corrected chi connectivity index (χ2v) is 2.45. The highest BCUT2D eigenvalue weighted by Gasteiger charge is 2.16. The van der Waals surface area contributed by atoms with E-state index in [-0.39, 0.29) is 12.2 Å². The molecule has 0 atom stereocenters. The standard InChI is InChI=1S/C9H8FNO3/c1-2-14-9(12)6-4-3-5-7(10)8(6)11-13/h3-5H,2H2,1H3. The molecule has 0 aliphatic carbocycles. The summed E-state index contributed by atoms with van der Waals surface area (Å²) in [5, 5.41) is 2.45. The van der Waals surface area contributed by atoms with Crippen LogP contribution in [0.1, 0.15) is 17.3 Å². The predicted molar refractivity (Wildman–Crippen MR) is 47.8 cm³/mol. The monoisotopic (exact) mass is 197 g/mol. The molecule has 0 aliphatic rings. The fourth-order valence-corrected chi connectivity index (χ4v) is 0.982. The maximum absolute atomic E-state index is 12.9. The highest BCUT2D eigenvalue weighted by Crippen LogP contribution is 2.23.